The number of hydrogen-bond acceptors (Lipinski definition) is 9. The standard InChI is InChI=1S/C20H38N3O9PSi/c1-8-20(5,32-33(27,28)29)9-13-14(24)15(25)17(31-13)23-10-12(16(21)22-18(23)26)11-30-34(6,7)19(2,3)4/h10,13-15,17,24-25H,8-9,11H2,1-7H3,(H2,21,22,26)(H2,27,28,29)/t13-,14-,15-,17-,20?/m1/s1. The first-order valence-corrected chi connectivity index (χ1v) is 15.5. The molecule has 1 aromatic rings. The SMILES string of the molecule is CCC(C)(C[C@H]1O[C@@H](n2cc(CO[Si](C)(C)C(C)(C)C)c(N)nc2=O)[C@H](O)[C@@H]1O)OP(=O)(O)O. The third-order valence-electron chi connectivity index (χ3n) is 6.79. The Morgan fingerprint density at radius 2 is 1.82 bits per heavy atom. The minimum atomic E-state index is -4.81. The summed E-state index contributed by atoms with van der Waals surface area (Å²) >= 11 is 0. The zero-order valence-corrected chi connectivity index (χ0v) is 22.7. The van der Waals surface area contributed by atoms with E-state index in [1.807, 2.05) is 0 Å². The number of nitrogens with two attached hydrogens (primary N) is 1. The van der Waals surface area contributed by atoms with Crippen LogP contribution in [0.2, 0.25) is 18.1 Å². The molecule has 0 aromatic carbocycles. The predicted octanol–water partition coefficient (Wildman–Crippen LogP) is 1.63. The average molecular weight is 524 g/mol. The third kappa shape index (κ3) is 6.74. The van der Waals surface area contributed by atoms with Crippen molar-refractivity contribution in [3.63, 3.8) is 0 Å². The van der Waals surface area contributed by atoms with Crippen molar-refractivity contribution in [1.82, 2.24) is 9.55 Å². The second-order valence-electron chi connectivity index (χ2n) is 10.5. The number of hydrogen-bond donors (Lipinski definition) is 5. The summed E-state index contributed by atoms with van der Waals surface area (Å²) in [6.07, 6.45) is -3.83. The van der Waals surface area contributed by atoms with E-state index in [4.69, 9.17) is 19.4 Å². The number of aromatic nitrogens is 2. The molecular formula is C20H38N3O9PSi. The van der Waals surface area contributed by atoms with Gasteiger partial charge in [-0.15, -0.1) is 0 Å². The second-order valence-corrected chi connectivity index (χ2v) is 16.5. The first-order chi connectivity index (χ1) is 15.3. The molecule has 1 unspecified atom stereocenters. The fourth-order valence-electron chi connectivity index (χ4n) is 3.38. The van der Waals surface area contributed by atoms with Crippen LogP contribution in [0.1, 0.15) is 59.3 Å². The molecular weight excluding hydrogens is 485 g/mol. The maximum atomic E-state index is 12.6. The molecule has 0 spiro atoms. The number of nitrogen functional groups attached to an aromatic ring is 1. The Bertz CT molecular complexity index is 977. The zero-order chi connectivity index (χ0) is 26.3. The van der Waals surface area contributed by atoms with E-state index < -0.39 is 52.0 Å². The van der Waals surface area contributed by atoms with Crippen LogP contribution in [-0.4, -0.2) is 61.8 Å². The van der Waals surface area contributed by atoms with Crippen LogP contribution in [0.5, 0.6) is 0 Å². The highest BCUT2D eigenvalue weighted by molar-refractivity contribution is 7.46. The van der Waals surface area contributed by atoms with Crippen LogP contribution in [0.15, 0.2) is 11.0 Å². The van der Waals surface area contributed by atoms with Gasteiger partial charge in [0.15, 0.2) is 14.5 Å². The Morgan fingerprint density at radius 1 is 1.24 bits per heavy atom. The van der Waals surface area contributed by atoms with Gasteiger partial charge in [0.2, 0.25) is 0 Å². The fourth-order valence-corrected chi connectivity index (χ4v) is 5.10. The van der Waals surface area contributed by atoms with Gasteiger partial charge in [0, 0.05) is 18.2 Å². The van der Waals surface area contributed by atoms with Crippen molar-refractivity contribution in [3.05, 3.63) is 22.2 Å². The summed E-state index contributed by atoms with van der Waals surface area (Å²) in [7, 11) is -6.94. The molecule has 34 heavy (non-hydrogen) atoms. The van der Waals surface area contributed by atoms with E-state index in [0.29, 0.717) is 5.56 Å². The highest BCUT2D eigenvalue weighted by Gasteiger charge is 2.48. The summed E-state index contributed by atoms with van der Waals surface area (Å²) < 4.78 is 29.3. The lowest BCUT2D eigenvalue weighted by atomic mass is 9.93. The van der Waals surface area contributed by atoms with Crippen LogP contribution < -0.4 is 11.4 Å². The van der Waals surface area contributed by atoms with Crippen LogP contribution >= 0.6 is 7.82 Å². The lowest BCUT2D eigenvalue weighted by Gasteiger charge is -2.36. The molecule has 0 bridgehead atoms. The van der Waals surface area contributed by atoms with Crippen molar-refractivity contribution >= 4 is 22.0 Å². The molecule has 0 aliphatic carbocycles. The molecule has 0 saturated carbocycles. The molecule has 2 heterocycles. The molecule has 0 amide bonds. The highest BCUT2D eigenvalue weighted by atomic mass is 31.2. The van der Waals surface area contributed by atoms with Gasteiger partial charge in [0.25, 0.3) is 0 Å². The Hall–Kier alpha value is -1.15. The second kappa shape index (κ2) is 10.1. The lowest BCUT2D eigenvalue weighted by Crippen LogP contribution is -2.41. The van der Waals surface area contributed by atoms with Crippen LogP contribution in [0.25, 0.3) is 0 Å². The predicted molar refractivity (Wildman–Crippen MR) is 127 cm³/mol. The summed E-state index contributed by atoms with van der Waals surface area (Å²) in [6.45, 7) is 13.6. The third-order valence-corrected chi connectivity index (χ3v) is 11.9. The lowest BCUT2D eigenvalue weighted by molar-refractivity contribution is -0.0709. The summed E-state index contributed by atoms with van der Waals surface area (Å²) in [4.78, 5) is 34.8. The molecule has 1 aliphatic heterocycles. The van der Waals surface area contributed by atoms with Crippen molar-refractivity contribution in [2.75, 3.05) is 5.73 Å². The molecule has 196 valence electrons. The fraction of sp³-hybridized carbons (Fsp3) is 0.800. The number of anilines is 1. The Kier molecular flexibility index (Phi) is 8.62. The normalized spacial score (nSPS) is 26.0. The molecule has 1 fully saturated rings. The first kappa shape index (κ1) is 29.1. The number of nitrogens with zero attached hydrogens (tertiary/aromatic N) is 2. The van der Waals surface area contributed by atoms with E-state index >= 15 is 0 Å². The Labute approximate surface area is 200 Å². The summed E-state index contributed by atoms with van der Waals surface area (Å²) in [6, 6.07) is 0. The number of aliphatic hydroxyl groups excluding tert-OH is 2. The van der Waals surface area contributed by atoms with Gasteiger partial charge >= 0.3 is 13.5 Å². The molecule has 1 aliphatic rings. The quantitative estimate of drug-likeness (QED) is 0.234. The monoisotopic (exact) mass is 523 g/mol. The van der Waals surface area contributed by atoms with E-state index in [1.54, 1.807) is 6.92 Å². The van der Waals surface area contributed by atoms with E-state index in [0.717, 1.165) is 4.57 Å². The molecule has 2 rings (SSSR count). The average Bonchev–Trinajstić information content (AvgIpc) is 2.93. The van der Waals surface area contributed by atoms with Gasteiger partial charge < -0.3 is 34.9 Å². The number of phosphoric ester groups is 1. The summed E-state index contributed by atoms with van der Waals surface area (Å²) in [5.74, 6) is -0.00172. The maximum Gasteiger partial charge on any atom is 0.470 e. The van der Waals surface area contributed by atoms with E-state index in [9.17, 15) is 29.4 Å². The number of ether oxygens (including phenoxy) is 1. The molecule has 6 N–H and O–H groups in total. The van der Waals surface area contributed by atoms with E-state index in [1.165, 1.54) is 13.1 Å². The van der Waals surface area contributed by atoms with Gasteiger partial charge in [-0.3, -0.25) is 9.09 Å². The van der Waals surface area contributed by atoms with Gasteiger partial charge in [-0.2, -0.15) is 4.98 Å². The summed E-state index contributed by atoms with van der Waals surface area (Å²) in [5, 5.41) is 21.1. The molecule has 12 nitrogen and oxygen atoms in total. The van der Waals surface area contributed by atoms with Crippen molar-refractivity contribution in [1.29, 1.82) is 0 Å². The minimum absolute atomic E-state index is 0.00172. The van der Waals surface area contributed by atoms with Gasteiger partial charge in [0.05, 0.1) is 18.3 Å². The molecule has 5 atom stereocenters. The smallest absolute Gasteiger partial charge is 0.412 e. The topological polar surface area (TPSA) is 187 Å². The zero-order valence-electron chi connectivity index (χ0n) is 20.8. The van der Waals surface area contributed by atoms with E-state index in [2.05, 4.69) is 38.8 Å². The molecule has 1 aromatic heterocycles. The van der Waals surface area contributed by atoms with Gasteiger partial charge in [-0.25, -0.2) is 9.36 Å². The summed E-state index contributed by atoms with van der Waals surface area (Å²) in [5.41, 5.74) is 4.25. The van der Waals surface area contributed by atoms with Crippen LogP contribution in [0.4, 0.5) is 5.82 Å². The number of phosphoric acid groups is 1. The van der Waals surface area contributed by atoms with Crippen LogP contribution in [0, 0.1) is 0 Å². The maximum absolute atomic E-state index is 12.6. The van der Waals surface area contributed by atoms with Gasteiger partial charge in [0.1, 0.15) is 18.0 Å². The molecule has 14 heteroatoms. The van der Waals surface area contributed by atoms with Crippen molar-refractivity contribution in [2.45, 2.75) is 102 Å². The minimum Gasteiger partial charge on any atom is -0.412 e. The number of rotatable bonds is 9. The van der Waals surface area contributed by atoms with Gasteiger partial charge in [-0.1, -0.05) is 27.7 Å². The first-order valence-electron chi connectivity index (χ1n) is 11.1. The Morgan fingerprint density at radius 3 is 2.32 bits per heavy atom. The van der Waals surface area contributed by atoms with Crippen molar-refractivity contribution in [3.8, 4) is 0 Å². The highest BCUT2D eigenvalue weighted by Crippen LogP contribution is 2.46. The van der Waals surface area contributed by atoms with Crippen molar-refractivity contribution in [2.24, 2.45) is 0 Å². The molecule has 1 saturated heterocycles. The van der Waals surface area contributed by atoms with Crippen molar-refractivity contribution < 1.29 is 38.3 Å². The largest absolute Gasteiger partial charge is 0.470 e. The van der Waals surface area contributed by atoms with E-state index in [-0.39, 0.29) is 30.3 Å². The number of aliphatic hydroxyl groups is 2. The van der Waals surface area contributed by atoms with Crippen LogP contribution in [0.3, 0.4) is 0 Å². The molecule has 0 radical (unpaired) electrons. The Balaban J connectivity index is 2.29. The van der Waals surface area contributed by atoms with Crippen LogP contribution in [-0.2, 0) is 24.9 Å². The van der Waals surface area contributed by atoms with Gasteiger partial charge in [-0.05, 0) is 31.5 Å².